The maximum absolute atomic E-state index is 13.6. The van der Waals surface area contributed by atoms with E-state index in [1.165, 1.54) is 0 Å². The lowest BCUT2D eigenvalue weighted by atomic mass is 10.3. The summed E-state index contributed by atoms with van der Waals surface area (Å²) in [6.45, 7) is -2.71. The van der Waals surface area contributed by atoms with Gasteiger partial charge in [-0.2, -0.15) is 4.31 Å². The number of hydrogen-bond acceptors (Lipinski definition) is 5. The molecule has 1 aromatic carbocycles. The van der Waals surface area contributed by atoms with E-state index in [0.29, 0.717) is 12.1 Å². The van der Waals surface area contributed by atoms with E-state index >= 15 is 0 Å². The van der Waals surface area contributed by atoms with Crippen molar-refractivity contribution in [1.82, 2.24) is 4.31 Å². The fourth-order valence-electron chi connectivity index (χ4n) is 1.52. The maximum Gasteiger partial charge on any atom is 0.270 e. The first kappa shape index (κ1) is 17.3. The number of nitro groups is 1. The smallest absolute Gasteiger partial charge is 0.270 e. The van der Waals surface area contributed by atoms with E-state index < -0.39 is 57.5 Å². The highest BCUT2D eigenvalue weighted by molar-refractivity contribution is 7.89. The quantitative estimate of drug-likeness (QED) is 0.594. The molecule has 1 rings (SSSR count). The second-order valence-corrected chi connectivity index (χ2v) is 5.76. The number of alkyl halides is 2. The molecule has 118 valence electrons. The zero-order valence-corrected chi connectivity index (χ0v) is 11.3. The number of aliphatic hydroxyl groups is 1. The molecule has 0 amide bonds. The lowest BCUT2D eigenvalue weighted by molar-refractivity contribution is -0.385. The molecule has 0 spiro atoms. The molecule has 0 aliphatic carbocycles. The predicted molar refractivity (Wildman–Crippen MR) is 64.9 cm³/mol. The van der Waals surface area contributed by atoms with Gasteiger partial charge in [-0.25, -0.2) is 21.6 Å². The van der Waals surface area contributed by atoms with E-state index in [9.17, 15) is 31.7 Å². The minimum Gasteiger partial charge on any atom is -0.395 e. The average Bonchev–Trinajstić information content (AvgIpc) is 2.37. The first-order valence-corrected chi connectivity index (χ1v) is 6.97. The highest BCUT2D eigenvalue weighted by atomic mass is 32.2. The number of rotatable bonds is 7. The van der Waals surface area contributed by atoms with Gasteiger partial charge in [-0.3, -0.25) is 10.1 Å². The summed E-state index contributed by atoms with van der Waals surface area (Å²) in [5.74, 6) is -1.31. The van der Waals surface area contributed by atoms with Crippen LogP contribution in [0.1, 0.15) is 0 Å². The summed E-state index contributed by atoms with van der Waals surface area (Å²) in [6, 6.07) is 1.75. The summed E-state index contributed by atoms with van der Waals surface area (Å²) >= 11 is 0. The van der Waals surface area contributed by atoms with Gasteiger partial charge in [0.15, 0.2) is 0 Å². The van der Waals surface area contributed by atoms with E-state index in [2.05, 4.69) is 0 Å². The van der Waals surface area contributed by atoms with Gasteiger partial charge in [-0.1, -0.05) is 0 Å². The Hall–Kier alpha value is -1.72. The van der Waals surface area contributed by atoms with Crippen molar-refractivity contribution in [2.45, 2.75) is 11.3 Å². The van der Waals surface area contributed by atoms with Crippen LogP contribution in [0.4, 0.5) is 18.9 Å². The highest BCUT2D eigenvalue weighted by Gasteiger charge is 2.30. The minimum absolute atomic E-state index is 0.166. The molecule has 0 heterocycles. The van der Waals surface area contributed by atoms with E-state index in [-0.39, 0.29) is 4.31 Å². The summed E-state index contributed by atoms with van der Waals surface area (Å²) < 4.78 is 62.6. The molecule has 1 aromatic rings. The zero-order valence-electron chi connectivity index (χ0n) is 10.4. The molecule has 0 unspecified atom stereocenters. The number of sulfonamides is 1. The molecule has 0 aliphatic rings. The molecule has 0 radical (unpaired) electrons. The van der Waals surface area contributed by atoms with Crippen molar-refractivity contribution in [3.05, 3.63) is 34.1 Å². The number of halogens is 3. The van der Waals surface area contributed by atoms with Crippen LogP contribution in [0.15, 0.2) is 23.1 Å². The lowest BCUT2D eigenvalue weighted by Gasteiger charge is -2.20. The molecule has 0 saturated heterocycles. The Morgan fingerprint density at radius 1 is 1.38 bits per heavy atom. The Morgan fingerprint density at radius 2 is 2.00 bits per heavy atom. The molecule has 0 atom stereocenters. The molecule has 0 saturated carbocycles. The van der Waals surface area contributed by atoms with E-state index in [4.69, 9.17) is 5.11 Å². The first-order chi connectivity index (χ1) is 9.70. The Labute approximate surface area is 117 Å². The van der Waals surface area contributed by atoms with Crippen molar-refractivity contribution in [1.29, 1.82) is 0 Å². The van der Waals surface area contributed by atoms with Crippen molar-refractivity contribution in [3.8, 4) is 0 Å². The SMILES string of the molecule is O=[N+]([O-])c1ccc(F)c(S(=O)(=O)N(CCO)CC(F)F)c1. The third-order valence-corrected chi connectivity index (χ3v) is 4.31. The zero-order chi connectivity index (χ0) is 16.2. The Kier molecular flexibility index (Phi) is 5.63. The summed E-state index contributed by atoms with van der Waals surface area (Å²) in [7, 11) is -4.73. The van der Waals surface area contributed by atoms with Crippen LogP contribution in [0.2, 0.25) is 0 Å². The fourth-order valence-corrected chi connectivity index (χ4v) is 3.01. The maximum atomic E-state index is 13.6. The van der Waals surface area contributed by atoms with E-state index in [0.717, 1.165) is 6.07 Å². The number of hydrogen-bond donors (Lipinski definition) is 1. The monoisotopic (exact) mass is 328 g/mol. The van der Waals surface area contributed by atoms with Gasteiger partial charge in [0.1, 0.15) is 10.7 Å². The Morgan fingerprint density at radius 3 is 2.48 bits per heavy atom. The Bertz CT molecular complexity index is 623. The van der Waals surface area contributed by atoms with Crippen LogP contribution < -0.4 is 0 Å². The van der Waals surface area contributed by atoms with Gasteiger partial charge in [-0.15, -0.1) is 0 Å². The van der Waals surface area contributed by atoms with Gasteiger partial charge < -0.3 is 5.11 Å². The van der Waals surface area contributed by atoms with Crippen molar-refractivity contribution >= 4 is 15.7 Å². The fraction of sp³-hybridized carbons (Fsp3) is 0.400. The molecule has 0 fully saturated rings. The van der Waals surface area contributed by atoms with E-state index in [1.54, 1.807) is 0 Å². The highest BCUT2D eigenvalue weighted by Crippen LogP contribution is 2.24. The van der Waals surface area contributed by atoms with Gasteiger partial charge in [0.25, 0.3) is 12.1 Å². The number of nitro benzene ring substituents is 1. The van der Waals surface area contributed by atoms with Crippen LogP contribution in [0.25, 0.3) is 0 Å². The average molecular weight is 328 g/mol. The molecule has 11 heteroatoms. The number of aliphatic hydroxyl groups excluding tert-OH is 1. The molecule has 7 nitrogen and oxygen atoms in total. The molecule has 1 N–H and O–H groups in total. The van der Waals surface area contributed by atoms with Crippen LogP contribution in [0, 0.1) is 15.9 Å². The predicted octanol–water partition coefficient (Wildman–Crippen LogP) is 0.982. The van der Waals surface area contributed by atoms with Crippen molar-refractivity contribution in [2.24, 2.45) is 0 Å². The van der Waals surface area contributed by atoms with E-state index in [1.807, 2.05) is 0 Å². The third kappa shape index (κ3) is 4.12. The van der Waals surface area contributed by atoms with Gasteiger partial charge in [0.2, 0.25) is 10.0 Å². The summed E-state index contributed by atoms with van der Waals surface area (Å²) in [5, 5.41) is 19.3. The van der Waals surface area contributed by atoms with Crippen LogP contribution in [-0.2, 0) is 10.0 Å². The van der Waals surface area contributed by atoms with Crippen LogP contribution in [0.3, 0.4) is 0 Å². The number of non-ortho nitro benzene ring substituents is 1. The van der Waals surface area contributed by atoms with Crippen LogP contribution >= 0.6 is 0 Å². The second-order valence-electron chi connectivity index (χ2n) is 3.85. The summed E-state index contributed by atoms with van der Waals surface area (Å²) in [6.07, 6.45) is -3.05. The number of nitrogens with zero attached hydrogens (tertiary/aromatic N) is 2. The van der Waals surface area contributed by atoms with Gasteiger partial charge in [-0.05, 0) is 6.07 Å². The van der Waals surface area contributed by atoms with Crippen molar-refractivity contribution in [3.63, 3.8) is 0 Å². The van der Waals surface area contributed by atoms with Crippen LogP contribution in [-0.4, -0.2) is 48.9 Å². The topological polar surface area (TPSA) is 101 Å². The first-order valence-electron chi connectivity index (χ1n) is 5.53. The second kappa shape index (κ2) is 6.83. The molecule has 21 heavy (non-hydrogen) atoms. The molecule has 0 aliphatic heterocycles. The van der Waals surface area contributed by atoms with Gasteiger partial charge in [0, 0.05) is 18.7 Å². The Balaban J connectivity index is 3.33. The normalized spacial score (nSPS) is 12.1. The largest absolute Gasteiger partial charge is 0.395 e. The standard InChI is InChI=1S/C10H11F3N2O5S/c11-8-2-1-7(15(17)18)5-9(8)21(19,20)14(3-4-16)6-10(12)13/h1-2,5,10,16H,3-4,6H2. The van der Waals surface area contributed by atoms with Crippen molar-refractivity contribution in [2.75, 3.05) is 19.7 Å². The summed E-state index contributed by atoms with van der Waals surface area (Å²) in [5.41, 5.74) is -0.698. The van der Waals surface area contributed by atoms with Crippen molar-refractivity contribution < 1.29 is 31.6 Å². The molecular weight excluding hydrogens is 317 g/mol. The van der Waals surface area contributed by atoms with Gasteiger partial charge in [0.05, 0.1) is 18.1 Å². The summed E-state index contributed by atoms with van der Waals surface area (Å²) in [4.78, 5) is 8.55. The third-order valence-electron chi connectivity index (χ3n) is 2.43. The minimum atomic E-state index is -4.73. The molecule has 0 bridgehead atoms. The molecular formula is C10H11F3N2O5S. The molecule has 0 aromatic heterocycles. The number of benzene rings is 1. The lowest BCUT2D eigenvalue weighted by Crippen LogP contribution is -2.37. The van der Waals surface area contributed by atoms with Gasteiger partial charge >= 0.3 is 0 Å². The van der Waals surface area contributed by atoms with Crippen LogP contribution in [0.5, 0.6) is 0 Å².